The Kier molecular flexibility index (Phi) is 3.57. The summed E-state index contributed by atoms with van der Waals surface area (Å²) < 4.78 is 0. The number of benzene rings is 1. The van der Waals surface area contributed by atoms with E-state index in [2.05, 4.69) is 0 Å². The number of hydrogen-bond donors (Lipinski definition) is 2. The first-order valence-electron chi connectivity index (χ1n) is 6.28. The minimum atomic E-state index is -0.132. The van der Waals surface area contributed by atoms with Crippen LogP contribution in [0.1, 0.15) is 28.8 Å². The molecule has 1 aromatic carbocycles. The van der Waals surface area contributed by atoms with Gasteiger partial charge in [0.15, 0.2) is 0 Å². The fourth-order valence-corrected chi connectivity index (χ4v) is 2.43. The number of rotatable bonds is 3. The molecule has 0 spiro atoms. The largest absolute Gasteiger partial charge is 0.507 e. The number of hydrogen-bond acceptors (Lipinski definition) is 3. The summed E-state index contributed by atoms with van der Waals surface area (Å²) in [6.07, 6.45) is 1.97. The predicted molar refractivity (Wildman–Crippen MR) is 70.5 cm³/mol. The van der Waals surface area contributed by atoms with Crippen LogP contribution in [0.15, 0.2) is 18.2 Å². The summed E-state index contributed by atoms with van der Waals surface area (Å²) in [7, 11) is 1.77. The summed E-state index contributed by atoms with van der Waals surface area (Å²) in [6, 6.07) is 5.42. The van der Waals surface area contributed by atoms with Crippen LogP contribution in [0.3, 0.4) is 0 Å². The van der Waals surface area contributed by atoms with Crippen LogP contribution >= 0.6 is 0 Å². The summed E-state index contributed by atoms with van der Waals surface area (Å²) in [5, 5.41) is 9.79. The Balaban J connectivity index is 2.01. The molecule has 2 rings (SSSR count). The van der Waals surface area contributed by atoms with Gasteiger partial charge in [-0.1, -0.05) is 6.07 Å². The summed E-state index contributed by atoms with van der Waals surface area (Å²) in [5.74, 6) is 0.423. The van der Waals surface area contributed by atoms with Gasteiger partial charge in [0, 0.05) is 19.6 Å². The lowest BCUT2D eigenvalue weighted by atomic mass is 9.80. The monoisotopic (exact) mass is 248 g/mol. The molecule has 1 aliphatic carbocycles. The molecule has 0 atom stereocenters. The van der Waals surface area contributed by atoms with Crippen LogP contribution < -0.4 is 5.73 Å². The number of aromatic hydroxyl groups is 1. The van der Waals surface area contributed by atoms with Crippen LogP contribution in [-0.4, -0.2) is 35.5 Å². The first-order chi connectivity index (χ1) is 8.47. The Labute approximate surface area is 107 Å². The highest BCUT2D eigenvalue weighted by molar-refractivity contribution is 5.96. The van der Waals surface area contributed by atoms with E-state index in [1.54, 1.807) is 24.1 Å². The van der Waals surface area contributed by atoms with E-state index in [1.165, 1.54) is 0 Å². The summed E-state index contributed by atoms with van der Waals surface area (Å²) in [5.41, 5.74) is 7.04. The van der Waals surface area contributed by atoms with Crippen molar-refractivity contribution in [3.8, 4) is 5.75 Å². The fraction of sp³-hybridized carbons (Fsp3) is 0.500. The Hall–Kier alpha value is -1.55. The van der Waals surface area contributed by atoms with Gasteiger partial charge in [-0.15, -0.1) is 0 Å². The van der Waals surface area contributed by atoms with Gasteiger partial charge in [-0.25, -0.2) is 0 Å². The molecule has 98 valence electrons. The quantitative estimate of drug-likeness (QED) is 0.852. The van der Waals surface area contributed by atoms with E-state index in [0.29, 0.717) is 24.1 Å². The fourth-order valence-electron chi connectivity index (χ4n) is 2.43. The molecule has 1 fully saturated rings. The normalized spacial score (nSPS) is 22.4. The van der Waals surface area contributed by atoms with Gasteiger partial charge in [0.05, 0.1) is 5.56 Å². The second kappa shape index (κ2) is 4.98. The number of phenolic OH excluding ortho intramolecular Hbond substituents is 1. The van der Waals surface area contributed by atoms with Crippen LogP contribution in [0, 0.1) is 12.8 Å². The van der Waals surface area contributed by atoms with Gasteiger partial charge >= 0.3 is 0 Å². The van der Waals surface area contributed by atoms with E-state index in [9.17, 15) is 9.90 Å². The van der Waals surface area contributed by atoms with Crippen molar-refractivity contribution in [3.05, 3.63) is 29.3 Å². The minimum absolute atomic E-state index is 0.0529. The van der Waals surface area contributed by atoms with E-state index in [1.807, 2.05) is 13.0 Å². The number of carbonyl (C=O) groups excluding carboxylic acids is 1. The van der Waals surface area contributed by atoms with E-state index in [-0.39, 0.29) is 11.7 Å². The number of nitrogens with zero attached hydrogens (tertiary/aromatic N) is 1. The third-order valence-corrected chi connectivity index (χ3v) is 3.53. The van der Waals surface area contributed by atoms with Crippen molar-refractivity contribution in [1.29, 1.82) is 0 Å². The van der Waals surface area contributed by atoms with Crippen LogP contribution in [0.25, 0.3) is 0 Å². The molecule has 1 amide bonds. The van der Waals surface area contributed by atoms with Crippen molar-refractivity contribution >= 4 is 5.91 Å². The zero-order valence-corrected chi connectivity index (χ0v) is 10.9. The van der Waals surface area contributed by atoms with E-state index in [0.717, 1.165) is 18.4 Å². The molecule has 1 saturated carbocycles. The maximum atomic E-state index is 12.2. The minimum Gasteiger partial charge on any atom is -0.507 e. The molecule has 0 bridgehead atoms. The Morgan fingerprint density at radius 3 is 2.72 bits per heavy atom. The van der Waals surface area contributed by atoms with E-state index >= 15 is 0 Å². The van der Waals surface area contributed by atoms with Crippen molar-refractivity contribution in [2.24, 2.45) is 11.7 Å². The molecule has 0 aromatic heterocycles. The van der Waals surface area contributed by atoms with Gasteiger partial charge in [0.2, 0.25) is 0 Å². The third-order valence-electron chi connectivity index (χ3n) is 3.53. The first-order valence-corrected chi connectivity index (χ1v) is 6.28. The first kappa shape index (κ1) is 12.9. The molecule has 3 N–H and O–H groups in total. The molecule has 0 aliphatic heterocycles. The molecule has 18 heavy (non-hydrogen) atoms. The molecule has 4 nitrogen and oxygen atoms in total. The van der Waals surface area contributed by atoms with E-state index < -0.39 is 0 Å². The van der Waals surface area contributed by atoms with Crippen LogP contribution in [-0.2, 0) is 0 Å². The molecular weight excluding hydrogens is 228 g/mol. The van der Waals surface area contributed by atoms with Gasteiger partial charge in [0.25, 0.3) is 5.91 Å². The van der Waals surface area contributed by atoms with Crippen LogP contribution in [0.5, 0.6) is 5.75 Å². The smallest absolute Gasteiger partial charge is 0.257 e. The predicted octanol–water partition coefficient (Wildman–Crippen LogP) is 1.51. The van der Waals surface area contributed by atoms with Gasteiger partial charge in [0.1, 0.15) is 5.75 Å². The molecule has 4 heteroatoms. The standard InChI is InChI=1S/C14H20N2O2/c1-9-3-4-12(13(17)5-9)14(18)16(2)8-10-6-11(15)7-10/h3-5,10-11,17H,6-8,15H2,1-2H3. The lowest BCUT2D eigenvalue weighted by Crippen LogP contribution is -2.43. The zero-order valence-electron chi connectivity index (χ0n) is 10.9. The van der Waals surface area contributed by atoms with Gasteiger partial charge in [-0.3, -0.25) is 4.79 Å². The zero-order chi connectivity index (χ0) is 13.3. The van der Waals surface area contributed by atoms with Crippen molar-refractivity contribution in [2.45, 2.75) is 25.8 Å². The van der Waals surface area contributed by atoms with Gasteiger partial charge in [-0.05, 0) is 43.4 Å². The van der Waals surface area contributed by atoms with Crippen molar-refractivity contribution in [1.82, 2.24) is 4.90 Å². The molecule has 1 aliphatic rings. The summed E-state index contributed by atoms with van der Waals surface area (Å²) in [4.78, 5) is 13.8. The maximum Gasteiger partial charge on any atom is 0.257 e. The number of nitrogens with two attached hydrogens (primary N) is 1. The second-order valence-corrected chi connectivity index (χ2v) is 5.30. The number of aryl methyl sites for hydroxylation is 1. The number of phenols is 1. The van der Waals surface area contributed by atoms with Crippen molar-refractivity contribution in [3.63, 3.8) is 0 Å². The van der Waals surface area contributed by atoms with Gasteiger partial charge in [-0.2, -0.15) is 0 Å². The van der Waals surface area contributed by atoms with Crippen LogP contribution in [0.2, 0.25) is 0 Å². The Morgan fingerprint density at radius 1 is 1.50 bits per heavy atom. The van der Waals surface area contributed by atoms with Crippen molar-refractivity contribution < 1.29 is 9.90 Å². The Bertz CT molecular complexity index is 453. The molecule has 1 aromatic rings. The highest BCUT2D eigenvalue weighted by atomic mass is 16.3. The number of amides is 1. The lowest BCUT2D eigenvalue weighted by molar-refractivity contribution is 0.0731. The highest BCUT2D eigenvalue weighted by Crippen LogP contribution is 2.27. The summed E-state index contributed by atoms with van der Waals surface area (Å²) >= 11 is 0. The van der Waals surface area contributed by atoms with E-state index in [4.69, 9.17) is 5.73 Å². The number of carbonyl (C=O) groups is 1. The molecule has 0 unspecified atom stereocenters. The Morgan fingerprint density at radius 2 is 2.17 bits per heavy atom. The van der Waals surface area contributed by atoms with Crippen molar-refractivity contribution in [2.75, 3.05) is 13.6 Å². The summed E-state index contributed by atoms with van der Waals surface area (Å²) in [6.45, 7) is 2.59. The molecule has 0 radical (unpaired) electrons. The topological polar surface area (TPSA) is 66.6 Å². The lowest BCUT2D eigenvalue weighted by Gasteiger charge is -2.35. The average Bonchev–Trinajstić information content (AvgIpc) is 2.26. The van der Waals surface area contributed by atoms with Crippen LogP contribution in [0.4, 0.5) is 0 Å². The third kappa shape index (κ3) is 2.64. The SMILES string of the molecule is Cc1ccc(C(=O)N(C)CC2CC(N)C2)c(O)c1. The highest BCUT2D eigenvalue weighted by Gasteiger charge is 2.28. The second-order valence-electron chi connectivity index (χ2n) is 5.30. The maximum absolute atomic E-state index is 12.2. The average molecular weight is 248 g/mol. The van der Waals surface area contributed by atoms with Gasteiger partial charge < -0.3 is 15.7 Å². The molecule has 0 heterocycles. The molecular formula is C14H20N2O2. The molecule has 0 saturated heterocycles.